The maximum absolute atomic E-state index is 13.7. The normalized spacial score (nSPS) is 16.2. The van der Waals surface area contributed by atoms with E-state index in [2.05, 4.69) is 33.4 Å². The summed E-state index contributed by atoms with van der Waals surface area (Å²) in [5.74, 6) is 1.41. The minimum Gasteiger partial charge on any atom is -0.486 e. The van der Waals surface area contributed by atoms with E-state index >= 15 is 0 Å². The lowest BCUT2D eigenvalue weighted by Crippen LogP contribution is -2.50. The topological polar surface area (TPSA) is 104 Å². The van der Waals surface area contributed by atoms with Crippen molar-refractivity contribution in [1.82, 2.24) is 29.4 Å². The van der Waals surface area contributed by atoms with Gasteiger partial charge in [-0.05, 0) is 93.4 Å². The second kappa shape index (κ2) is 13.0. The van der Waals surface area contributed by atoms with Crippen molar-refractivity contribution in [2.24, 2.45) is 0 Å². The number of aryl methyl sites for hydroxylation is 1. The number of ether oxygens (including phenoxy) is 3. The minimum atomic E-state index is -0.633. The van der Waals surface area contributed by atoms with Gasteiger partial charge in [-0.2, -0.15) is 0 Å². The van der Waals surface area contributed by atoms with E-state index in [1.165, 1.54) is 0 Å². The number of fused-ring (bicyclic) bond motifs is 3. The van der Waals surface area contributed by atoms with Crippen LogP contribution in [0.1, 0.15) is 50.9 Å². The number of nitrogens with zero attached hydrogens (tertiary/aromatic N) is 6. The molecular formula is C37H42N6O5. The average Bonchev–Trinajstić information content (AvgIpc) is 3.50. The molecule has 2 aliphatic heterocycles. The number of likely N-dealkylation sites (tertiary alicyclic amines) is 1. The number of amides is 1. The first-order chi connectivity index (χ1) is 23.1. The Morgan fingerprint density at radius 1 is 0.958 bits per heavy atom. The van der Waals surface area contributed by atoms with Gasteiger partial charge >= 0.3 is 6.09 Å². The molecule has 5 aromatic rings. The van der Waals surface area contributed by atoms with Crippen molar-refractivity contribution >= 4 is 28.0 Å². The smallest absolute Gasteiger partial charge is 0.410 e. The number of piperidine rings is 1. The van der Waals surface area contributed by atoms with Crippen LogP contribution in [0, 0.1) is 6.92 Å². The van der Waals surface area contributed by atoms with Crippen molar-refractivity contribution in [1.29, 1.82) is 0 Å². The lowest BCUT2D eigenvalue weighted by Gasteiger charge is -2.41. The van der Waals surface area contributed by atoms with Gasteiger partial charge in [0.2, 0.25) is 0 Å². The summed E-state index contributed by atoms with van der Waals surface area (Å²) in [6.07, 6.45) is 0.815. The monoisotopic (exact) mass is 650 g/mol. The third kappa shape index (κ3) is 6.60. The SMILES string of the molecule is Cc1ccc2ccc(=O)n(CC(N3CCC(N(Cc4ccc5c(c4)OCCO5)C(=O)OC(C)(C)C)CC3)n3nnc4ccccc43)c2c1. The van der Waals surface area contributed by atoms with E-state index in [4.69, 9.17) is 14.2 Å². The molecule has 4 heterocycles. The van der Waals surface area contributed by atoms with Gasteiger partial charge in [0.15, 0.2) is 11.5 Å². The van der Waals surface area contributed by atoms with Crippen molar-refractivity contribution in [3.63, 3.8) is 0 Å². The van der Waals surface area contributed by atoms with Crippen molar-refractivity contribution in [2.75, 3.05) is 26.3 Å². The molecule has 0 saturated carbocycles. The number of rotatable bonds is 7. The molecule has 250 valence electrons. The van der Waals surface area contributed by atoms with Gasteiger partial charge in [-0.3, -0.25) is 9.69 Å². The Hall–Kier alpha value is -4.90. The van der Waals surface area contributed by atoms with E-state index in [1.54, 1.807) is 6.07 Å². The van der Waals surface area contributed by atoms with E-state index in [1.807, 2.05) is 90.4 Å². The Labute approximate surface area is 279 Å². The van der Waals surface area contributed by atoms with Gasteiger partial charge in [0.25, 0.3) is 5.56 Å². The number of para-hydroxylation sites is 1. The summed E-state index contributed by atoms with van der Waals surface area (Å²) in [7, 11) is 0. The fourth-order valence-corrected chi connectivity index (χ4v) is 6.75. The number of hydrogen-bond donors (Lipinski definition) is 0. The standard InChI is InChI=1S/C37H42N6O5/c1-25-9-11-27-12-14-35(44)42(31(27)21-25)24-34(43-30-8-6-5-7-29(30)38-39-43)40-17-15-28(16-18-40)41(36(45)48-37(2,3)4)23-26-10-13-32-33(22-26)47-20-19-46-32/h5-14,21-22,28,34H,15-20,23-24H2,1-4H3. The minimum absolute atomic E-state index is 0.0552. The van der Waals surface area contributed by atoms with Crippen molar-refractivity contribution < 1.29 is 19.0 Å². The molecule has 0 spiro atoms. The highest BCUT2D eigenvalue weighted by Gasteiger charge is 2.35. The summed E-state index contributed by atoms with van der Waals surface area (Å²) < 4.78 is 21.3. The van der Waals surface area contributed by atoms with Gasteiger partial charge in [-0.1, -0.05) is 35.5 Å². The molecule has 1 fully saturated rings. The van der Waals surface area contributed by atoms with E-state index in [0.29, 0.717) is 50.9 Å². The van der Waals surface area contributed by atoms with Crippen LogP contribution in [0.15, 0.2) is 77.6 Å². The van der Waals surface area contributed by atoms with E-state index in [0.717, 1.165) is 45.9 Å². The summed E-state index contributed by atoms with van der Waals surface area (Å²) in [6.45, 7) is 10.9. The molecule has 0 aliphatic carbocycles. The number of benzene rings is 3. The lowest BCUT2D eigenvalue weighted by atomic mass is 10.0. The molecule has 2 aliphatic rings. The molecule has 1 unspecified atom stereocenters. The summed E-state index contributed by atoms with van der Waals surface area (Å²) in [5.41, 5.74) is 3.94. The second-order valence-corrected chi connectivity index (χ2v) is 13.7. The highest BCUT2D eigenvalue weighted by atomic mass is 16.6. The predicted octanol–water partition coefficient (Wildman–Crippen LogP) is 5.93. The Kier molecular flexibility index (Phi) is 8.55. The highest BCUT2D eigenvalue weighted by Crippen LogP contribution is 2.33. The first-order valence-electron chi connectivity index (χ1n) is 16.7. The van der Waals surface area contributed by atoms with Gasteiger partial charge in [-0.15, -0.1) is 5.10 Å². The first kappa shape index (κ1) is 31.7. The quantitative estimate of drug-likeness (QED) is 0.214. The molecule has 2 aromatic heterocycles. The van der Waals surface area contributed by atoms with Crippen LogP contribution in [-0.4, -0.2) is 73.4 Å². The van der Waals surface area contributed by atoms with Gasteiger partial charge in [0.1, 0.15) is 30.5 Å². The summed E-state index contributed by atoms with van der Waals surface area (Å²) >= 11 is 0. The average molecular weight is 651 g/mol. The molecule has 0 N–H and O–H groups in total. The van der Waals surface area contributed by atoms with Crippen molar-refractivity contribution in [2.45, 2.75) is 71.4 Å². The predicted molar refractivity (Wildman–Crippen MR) is 183 cm³/mol. The number of carbonyl (C=O) groups excluding carboxylic acids is 1. The van der Waals surface area contributed by atoms with Crippen LogP contribution < -0.4 is 15.0 Å². The van der Waals surface area contributed by atoms with Crippen LogP contribution in [-0.2, 0) is 17.8 Å². The number of carbonyl (C=O) groups is 1. The zero-order valence-electron chi connectivity index (χ0n) is 28.0. The third-order valence-electron chi connectivity index (χ3n) is 9.10. The molecule has 1 amide bonds. The maximum atomic E-state index is 13.7. The third-order valence-corrected chi connectivity index (χ3v) is 9.10. The first-order valence-corrected chi connectivity index (χ1v) is 16.7. The highest BCUT2D eigenvalue weighted by molar-refractivity contribution is 5.79. The number of pyridine rings is 1. The fourth-order valence-electron chi connectivity index (χ4n) is 6.75. The molecule has 3 aromatic carbocycles. The van der Waals surface area contributed by atoms with Gasteiger partial charge in [0, 0.05) is 31.7 Å². The molecule has 11 nitrogen and oxygen atoms in total. The fraction of sp³-hybridized carbons (Fsp3) is 0.405. The van der Waals surface area contributed by atoms with Crippen LogP contribution in [0.25, 0.3) is 21.9 Å². The van der Waals surface area contributed by atoms with Crippen LogP contribution in [0.3, 0.4) is 0 Å². The molecule has 1 saturated heterocycles. The number of hydrogen-bond acceptors (Lipinski definition) is 8. The van der Waals surface area contributed by atoms with Crippen LogP contribution in [0.2, 0.25) is 0 Å². The zero-order chi connectivity index (χ0) is 33.4. The van der Waals surface area contributed by atoms with Gasteiger partial charge in [0.05, 0.1) is 17.6 Å². The van der Waals surface area contributed by atoms with Crippen LogP contribution in [0.4, 0.5) is 4.79 Å². The molecule has 1 atom stereocenters. The van der Waals surface area contributed by atoms with Crippen LogP contribution >= 0.6 is 0 Å². The van der Waals surface area contributed by atoms with Gasteiger partial charge < -0.3 is 23.7 Å². The van der Waals surface area contributed by atoms with E-state index in [-0.39, 0.29) is 23.9 Å². The molecular weight excluding hydrogens is 608 g/mol. The Balaban J connectivity index is 1.18. The molecule has 48 heavy (non-hydrogen) atoms. The molecule has 7 rings (SSSR count). The Morgan fingerprint density at radius 3 is 2.50 bits per heavy atom. The van der Waals surface area contributed by atoms with Crippen molar-refractivity contribution in [3.8, 4) is 11.5 Å². The zero-order valence-corrected chi connectivity index (χ0v) is 28.0. The summed E-state index contributed by atoms with van der Waals surface area (Å²) in [5, 5.41) is 10.1. The summed E-state index contributed by atoms with van der Waals surface area (Å²) in [4.78, 5) is 31.3. The molecule has 11 heteroatoms. The Bertz CT molecular complexity index is 2010. The van der Waals surface area contributed by atoms with Gasteiger partial charge in [-0.25, -0.2) is 9.48 Å². The second-order valence-electron chi connectivity index (χ2n) is 13.7. The van der Waals surface area contributed by atoms with Crippen molar-refractivity contribution in [3.05, 3.63) is 94.3 Å². The van der Waals surface area contributed by atoms with Crippen LogP contribution in [0.5, 0.6) is 11.5 Å². The Morgan fingerprint density at radius 2 is 1.71 bits per heavy atom. The molecule has 0 radical (unpaired) electrons. The van der Waals surface area contributed by atoms with E-state index in [9.17, 15) is 9.59 Å². The van der Waals surface area contributed by atoms with E-state index < -0.39 is 5.60 Å². The summed E-state index contributed by atoms with van der Waals surface area (Å²) in [6, 6.07) is 23.4. The maximum Gasteiger partial charge on any atom is 0.410 e. The lowest BCUT2D eigenvalue weighted by molar-refractivity contribution is -0.00182. The number of aromatic nitrogens is 4. The largest absolute Gasteiger partial charge is 0.486 e. The molecule has 0 bridgehead atoms.